The molecule has 2 N–H and O–H groups in total. The predicted molar refractivity (Wildman–Crippen MR) is 103 cm³/mol. The Morgan fingerprint density at radius 2 is 1.65 bits per heavy atom. The van der Waals surface area contributed by atoms with E-state index in [1.807, 2.05) is 54.6 Å². The van der Waals surface area contributed by atoms with Crippen LogP contribution < -0.4 is 0 Å². The number of carbonyl (C=O) groups is 2. The Kier molecular flexibility index (Phi) is 5.39. The van der Waals surface area contributed by atoms with E-state index in [9.17, 15) is 14.7 Å². The van der Waals surface area contributed by atoms with Crippen molar-refractivity contribution >= 4 is 35.0 Å². The molecule has 0 saturated carbocycles. The van der Waals surface area contributed by atoms with Crippen molar-refractivity contribution in [3.8, 4) is 21.0 Å². The predicted octanol–water partition coefficient (Wildman–Crippen LogP) is 4.74. The first kappa shape index (κ1) is 18.2. The zero-order valence-electron chi connectivity index (χ0n) is 13.7. The van der Waals surface area contributed by atoms with Gasteiger partial charge in [0.05, 0.1) is 4.88 Å². The number of aromatic carboxylic acids is 1. The van der Waals surface area contributed by atoms with Crippen LogP contribution in [0.5, 0.6) is 0 Å². The molecule has 1 unspecified atom stereocenters. The second-order valence-corrected chi connectivity index (χ2v) is 7.90. The van der Waals surface area contributed by atoms with E-state index in [1.54, 1.807) is 6.92 Å². The van der Waals surface area contributed by atoms with E-state index in [2.05, 4.69) is 4.98 Å². The van der Waals surface area contributed by atoms with Crippen LogP contribution in [0.25, 0.3) is 21.0 Å². The molecule has 0 amide bonds. The lowest BCUT2D eigenvalue weighted by molar-refractivity contribution is -0.136. The van der Waals surface area contributed by atoms with Gasteiger partial charge in [-0.1, -0.05) is 42.5 Å². The number of carboxylic acid groups (broad SMARTS) is 2. The summed E-state index contributed by atoms with van der Waals surface area (Å²) in [7, 11) is 0. The number of nitrogens with zero attached hydrogens (tertiary/aromatic N) is 1. The number of benzene rings is 2. The van der Waals surface area contributed by atoms with Gasteiger partial charge in [-0.05, 0) is 24.6 Å². The zero-order valence-corrected chi connectivity index (χ0v) is 15.4. The number of hydrogen-bond donors (Lipinski definition) is 2. The van der Waals surface area contributed by atoms with E-state index in [1.165, 1.54) is 23.1 Å². The second-order valence-electron chi connectivity index (χ2n) is 5.49. The van der Waals surface area contributed by atoms with E-state index in [0.29, 0.717) is 9.88 Å². The molecule has 0 spiro atoms. The van der Waals surface area contributed by atoms with Crippen LogP contribution in [0.4, 0.5) is 0 Å². The molecule has 26 heavy (non-hydrogen) atoms. The smallest absolute Gasteiger partial charge is 0.356 e. The average Bonchev–Trinajstić information content (AvgIpc) is 3.08. The van der Waals surface area contributed by atoms with Crippen molar-refractivity contribution in [3.05, 3.63) is 60.3 Å². The molecule has 7 heteroatoms. The highest BCUT2D eigenvalue weighted by Crippen LogP contribution is 2.36. The number of aliphatic carboxylic acids is 1. The Morgan fingerprint density at radius 3 is 2.23 bits per heavy atom. The fourth-order valence-electron chi connectivity index (χ4n) is 2.30. The molecule has 1 heterocycles. The lowest BCUT2D eigenvalue weighted by Gasteiger charge is -2.06. The molecule has 1 aromatic heterocycles. The number of hydrogen-bond acceptors (Lipinski definition) is 5. The summed E-state index contributed by atoms with van der Waals surface area (Å²) >= 11 is 2.58. The largest absolute Gasteiger partial charge is 0.480 e. The molecule has 0 aliphatic rings. The van der Waals surface area contributed by atoms with E-state index >= 15 is 0 Å². The van der Waals surface area contributed by atoms with Gasteiger partial charge >= 0.3 is 11.9 Å². The summed E-state index contributed by atoms with van der Waals surface area (Å²) in [6.07, 6.45) is 0. The molecule has 0 bridgehead atoms. The molecule has 0 aliphatic heterocycles. The lowest BCUT2D eigenvalue weighted by atomic mass is 10.1. The zero-order chi connectivity index (χ0) is 18.7. The molecule has 0 saturated heterocycles. The molecule has 132 valence electrons. The van der Waals surface area contributed by atoms with E-state index < -0.39 is 17.2 Å². The Balaban J connectivity index is 1.92. The molecule has 3 rings (SSSR count). The van der Waals surface area contributed by atoms with Crippen LogP contribution in [0.15, 0.2) is 59.5 Å². The van der Waals surface area contributed by atoms with Gasteiger partial charge in [-0.15, -0.1) is 23.1 Å². The first-order chi connectivity index (χ1) is 12.5. The highest BCUT2D eigenvalue weighted by molar-refractivity contribution is 8.00. The summed E-state index contributed by atoms with van der Waals surface area (Å²) < 4.78 is 0. The van der Waals surface area contributed by atoms with Crippen LogP contribution in [-0.4, -0.2) is 32.4 Å². The van der Waals surface area contributed by atoms with Crippen molar-refractivity contribution in [1.29, 1.82) is 0 Å². The monoisotopic (exact) mass is 385 g/mol. The number of rotatable bonds is 6. The number of carboxylic acids is 2. The third kappa shape index (κ3) is 3.95. The molecule has 5 nitrogen and oxygen atoms in total. The van der Waals surface area contributed by atoms with Crippen LogP contribution >= 0.6 is 23.1 Å². The van der Waals surface area contributed by atoms with Crippen LogP contribution in [0.2, 0.25) is 0 Å². The fraction of sp³-hybridized carbons (Fsp3) is 0.105. The summed E-state index contributed by atoms with van der Waals surface area (Å²) in [6.45, 7) is 1.63. The van der Waals surface area contributed by atoms with Gasteiger partial charge in [-0.25, -0.2) is 9.78 Å². The van der Waals surface area contributed by atoms with Crippen LogP contribution in [0, 0.1) is 0 Å². The Hall–Kier alpha value is -2.64. The molecule has 3 aromatic rings. The SMILES string of the molecule is CC(Sc1ccc(-c2nc(C(=O)O)c(-c3ccccc3)s2)cc1)C(=O)O. The summed E-state index contributed by atoms with van der Waals surface area (Å²) in [6, 6.07) is 16.6. The second kappa shape index (κ2) is 7.72. The minimum atomic E-state index is -1.06. The van der Waals surface area contributed by atoms with Gasteiger partial charge in [-0.2, -0.15) is 0 Å². The number of thioether (sulfide) groups is 1. The maximum absolute atomic E-state index is 11.6. The van der Waals surface area contributed by atoms with Gasteiger partial charge in [0, 0.05) is 10.5 Å². The maximum atomic E-state index is 11.6. The molecule has 2 aromatic carbocycles. The Bertz CT molecular complexity index is 936. The first-order valence-corrected chi connectivity index (χ1v) is 9.44. The summed E-state index contributed by atoms with van der Waals surface area (Å²) in [4.78, 5) is 28.3. The molecule has 0 radical (unpaired) electrons. The topological polar surface area (TPSA) is 87.5 Å². The molecular weight excluding hydrogens is 370 g/mol. The highest BCUT2D eigenvalue weighted by Gasteiger charge is 2.19. The third-order valence-electron chi connectivity index (χ3n) is 3.63. The molecular formula is C19H15NO4S2. The quantitative estimate of drug-likeness (QED) is 0.596. The number of thiazole rings is 1. The minimum absolute atomic E-state index is 0.0363. The van der Waals surface area contributed by atoms with Crippen molar-refractivity contribution < 1.29 is 19.8 Å². The van der Waals surface area contributed by atoms with Crippen molar-refractivity contribution in [2.45, 2.75) is 17.1 Å². The van der Waals surface area contributed by atoms with Gasteiger partial charge in [0.15, 0.2) is 5.69 Å². The van der Waals surface area contributed by atoms with Crippen molar-refractivity contribution in [1.82, 2.24) is 4.98 Å². The molecule has 0 fully saturated rings. The van der Waals surface area contributed by atoms with Crippen molar-refractivity contribution in [3.63, 3.8) is 0 Å². The summed E-state index contributed by atoms with van der Waals surface area (Å²) in [5.74, 6) is -1.92. The average molecular weight is 385 g/mol. The van der Waals surface area contributed by atoms with Crippen LogP contribution in [0.3, 0.4) is 0 Å². The van der Waals surface area contributed by atoms with Gasteiger partial charge < -0.3 is 10.2 Å². The van der Waals surface area contributed by atoms with Crippen molar-refractivity contribution in [2.24, 2.45) is 0 Å². The Labute approximate surface area is 158 Å². The van der Waals surface area contributed by atoms with E-state index in [4.69, 9.17) is 5.11 Å². The van der Waals surface area contributed by atoms with Crippen molar-refractivity contribution in [2.75, 3.05) is 0 Å². The van der Waals surface area contributed by atoms with E-state index in [-0.39, 0.29) is 5.69 Å². The molecule has 1 atom stereocenters. The van der Waals surface area contributed by atoms with Gasteiger partial charge in [0.2, 0.25) is 0 Å². The van der Waals surface area contributed by atoms with Gasteiger partial charge in [-0.3, -0.25) is 4.79 Å². The fourth-order valence-corrected chi connectivity index (χ4v) is 4.17. The Morgan fingerprint density at radius 1 is 1.00 bits per heavy atom. The first-order valence-electron chi connectivity index (χ1n) is 7.75. The highest BCUT2D eigenvalue weighted by atomic mass is 32.2. The van der Waals surface area contributed by atoms with Gasteiger partial charge in [0.1, 0.15) is 10.3 Å². The lowest BCUT2D eigenvalue weighted by Crippen LogP contribution is -2.10. The van der Waals surface area contributed by atoms with E-state index in [0.717, 1.165) is 16.0 Å². The standard InChI is InChI=1S/C19H15NO4S2/c1-11(18(21)22)25-14-9-7-13(8-10-14)17-20-15(19(23)24)16(26-17)12-5-3-2-4-6-12/h2-11H,1H3,(H,21,22)(H,23,24). The molecule has 0 aliphatic carbocycles. The van der Waals surface area contributed by atoms with Crippen LogP contribution in [-0.2, 0) is 4.79 Å². The van der Waals surface area contributed by atoms with Gasteiger partial charge in [0.25, 0.3) is 0 Å². The maximum Gasteiger partial charge on any atom is 0.356 e. The van der Waals surface area contributed by atoms with Crippen LogP contribution in [0.1, 0.15) is 17.4 Å². The number of aromatic nitrogens is 1. The third-order valence-corrected chi connectivity index (χ3v) is 5.88. The summed E-state index contributed by atoms with van der Waals surface area (Å²) in [5, 5.41) is 18.5. The minimum Gasteiger partial charge on any atom is -0.480 e. The summed E-state index contributed by atoms with van der Waals surface area (Å²) in [5.41, 5.74) is 1.65. The normalized spacial score (nSPS) is 11.9.